The third-order valence-electron chi connectivity index (χ3n) is 5.20. The van der Waals surface area contributed by atoms with E-state index in [-0.39, 0.29) is 0 Å². The van der Waals surface area contributed by atoms with Crippen LogP contribution in [0.3, 0.4) is 0 Å². The molecule has 0 radical (unpaired) electrons. The number of aryl methyl sites for hydroxylation is 1. The lowest BCUT2D eigenvalue weighted by Crippen LogP contribution is -2.56. The Hall–Kier alpha value is -1.19. The van der Waals surface area contributed by atoms with E-state index < -0.39 is 10.2 Å². The van der Waals surface area contributed by atoms with Gasteiger partial charge in [-0.15, -0.1) is 0 Å². The number of rotatable bonds is 6. The number of benzene rings is 1. The van der Waals surface area contributed by atoms with Crippen molar-refractivity contribution in [3.8, 4) is 5.75 Å². The zero-order valence-corrected chi connectivity index (χ0v) is 16.6. The fraction of sp³-hybridized carbons (Fsp3) is 0.667. The smallest absolute Gasteiger partial charge is 0.282 e. The van der Waals surface area contributed by atoms with Crippen LogP contribution in [0.25, 0.3) is 0 Å². The summed E-state index contributed by atoms with van der Waals surface area (Å²) in [5.41, 5.74) is 1.13. The summed E-state index contributed by atoms with van der Waals surface area (Å²) in [6.45, 7) is 8.87. The van der Waals surface area contributed by atoms with Crippen molar-refractivity contribution in [2.24, 2.45) is 0 Å². The van der Waals surface area contributed by atoms with E-state index in [9.17, 15) is 8.42 Å². The zero-order valence-electron chi connectivity index (χ0n) is 15.8. The minimum absolute atomic E-state index is 0.555. The van der Waals surface area contributed by atoms with Crippen LogP contribution in [-0.4, -0.2) is 99.4 Å². The molecule has 146 valence electrons. The predicted octanol–water partition coefficient (Wildman–Crippen LogP) is 0.484. The molecule has 26 heavy (non-hydrogen) atoms. The molecule has 0 atom stereocenters. The second-order valence-electron chi connectivity index (χ2n) is 7.06. The van der Waals surface area contributed by atoms with Gasteiger partial charge in [-0.2, -0.15) is 17.0 Å². The first kappa shape index (κ1) is 19.6. The molecule has 1 aromatic carbocycles. The van der Waals surface area contributed by atoms with Crippen LogP contribution in [-0.2, 0) is 10.2 Å². The van der Waals surface area contributed by atoms with Crippen LogP contribution < -0.4 is 4.74 Å². The highest BCUT2D eigenvalue weighted by molar-refractivity contribution is 7.86. The average Bonchev–Trinajstić information content (AvgIpc) is 2.64. The number of ether oxygens (including phenoxy) is 1. The number of nitrogens with zero attached hydrogens (tertiary/aromatic N) is 4. The van der Waals surface area contributed by atoms with Crippen LogP contribution in [0.2, 0.25) is 0 Å². The number of likely N-dealkylation sites (N-methyl/N-ethyl adjacent to an activating group) is 1. The summed E-state index contributed by atoms with van der Waals surface area (Å²) < 4.78 is 34.7. The van der Waals surface area contributed by atoms with Gasteiger partial charge in [0.15, 0.2) is 0 Å². The molecule has 8 heteroatoms. The van der Waals surface area contributed by atoms with Gasteiger partial charge in [-0.05, 0) is 25.6 Å². The van der Waals surface area contributed by atoms with Gasteiger partial charge in [0.1, 0.15) is 12.4 Å². The van der Waals surface area contributed by atoms with Crippen LogP contribution in [0.15, 0.2) is 24.3 Å². The summed E-state index contributed by atoms with van der Waals surface area (Å²) >= 11 is 0. The van der Waals surface area contributed by atoms with E-state index in [1.54, 1.807) is 8.61 Å². The molecule has 0 saturated carbocycles. The molecule has 0 aromatic heterocycles. The Labute approximate surface area is 157 Å². The lowest BCUT2D eigenvalue weighted by Gasteiger charge is -2.39. The average molecular weight is 383 g/mol. The normalized spacial score (nSPS) is 21.8. The molecule has 0 unspecified atom stereocenters. The van der Waals surface area contributed by atoms with Gasteiger partial charge >= 0.3 is 0 Å². The van der Waals surface area contributed by atoms with E-state index in [1.165, 1.54) is 0 Å². The number of hydrogen-bond donors (Lipinski definition) is 0. The molecule has 2 aliphatic heterocycles. The molecule has 7 nitrogen and oxygen atoms in total. The molecule has 0 amide bonds. The topological polar surface area (TPSA) is 56.3 Å². The number of hydrogen-bond acceptors (Lipinski definition) is 5. The van der Waals surface area contributed by atoms with Gasteiger partial charge in [-0.25, -0.2) is 0 Å². The predicted molar refractivity (Wildman–Crippen MR) is 103 cm³/mol. The van der Waals surface area contributed by atoms with Crippen molar-refractivity contribution in [3.05, 3.63) is 29.8 Å². The standard InChI is InChI=1S/C18H30N4O3S/c1-17-5-3-4-6-18(17)25-16-15-20-9-13-22(14-10-20)26(23,24)21-11-7-19(2)8-12-21/h3-6H,7-16H2,1-2H3. The summed E-state index contributed by atoms with van der Waals surface area (Å²) in [7, 11) is -1.29. The van der Waals surface area contributed by atoms with Crippen molar-refractivity contribution in [2.45, 2.75) is 6.92 Å². The van der Waals surface area contributed by atoms with Crippen LogP contribution >= 0.6 is 0 Å². The second kappa shape index (κ2) is 8.67. The molecule has 0 aliphatic carbocycles. The highest BCUT2D eigenvalue weighted by atomic mass is 32.2. The molecule has 0 N–H and O–H groups in total. The van der Waals surface area contributed by atoms with Crippen molar-refractivity contribution in [2.75, 3.05) is 72.6 Å². The van der Waals surface area contributed by atoms with Gasteiger partial charge in [0.2, 0.25) is 0 Å². The fourth-order valence-corrected chi connectivity index (χ4v) is 4.95. The molecular formula is C18H30N4O3S. The Morgan fingerprint density at radius 2 is 1.50 bits per heavy atom. The maximum Gasteiger partial charge on any atom is 0.282 e. The third-order valence-corrected chi connectivity index (χ3v) is 7.24. The first-order valence-electron chi connectivity index (χ1n) is 9.31. The molecule has 1 aromatic rings. The summed E-state index contributed by atoms with van der Waals surface area (Å²) in [4.78, 5) is 4.44. The molecule has 0 spiro atoms. The molecule has 2 aliphatic rings. The van der Waals surface area contributed by atoms with Crippen LogP contribution in [0.1, 0.15) is 5.56 Å². The highest BCUT2D eigenvalue weighted by Gasteiger charge is 2.33. The van der Waals surface area contributed by atoms with E-state index in [1.807, 2.05) is 38.2 Å². The van der Waals surface area contributed by atoms with Crippen molar-refractivity contribution in [1.82, 2.24) is 18.4 Å². The summed E-state index contributed by atoms with van der Waals surface area (Å²) in [5, 5.41) is 0. The SMILES string of the molecule is Cc1ccccc1OCCN1CCN(S(=O)(=O)N2CCN(C)CC2)CC1. The van der Waals surface area contributed by atoms with Crippen molar-refractivity contribution < 1.29 is 13.2 Å². The molecule has 3 rings (SSSR count). The Morgan fingerprint density at radius 3 is 2.12 bits per heavy atom. The van der Waals surface area contributed by atoms with Gasteiger partial charge in [-0.3, -0.25) is 4.90 Å². The minimum Gasteiger partial charge on any atom is -0.492 e. The fourth-order valence-electron chi connectivity index (χ4n) is 3.37. The lowest BCUT2D eigenvalue weighted by atomic mass is 10.2. The van der Waals surface area contributed by atoms with E-state index in [0.29, 0.717) is 32.8 Å². The Morgan fingerprint density at radius 1 is 0.923 bits per heavy atom. The summed E-state index contributed by atoms with van der Waals surface area (Å²) in [5.74, 6) is 0.920. The largest absolute Gasteiger partial charge is 0.492 e. The third kappa shape index (κ3) is 4.75. The van der Waals surface area contributed by atoms with Gasteiger partial charge in [0, 0.05) is 58.9 Å². The van der Waals surface area contributed by atoms with Crippen molar-refractivity contribution >= 4 is 10.2 Å². The number of para-hydroxylation sites is 1. The Kier molecular flexibility index (Phi) is 6.52. The van der Waals surface area contributed by atoms with Crippen molar-refractivity contribution in [3.63, 3.8) is 0 Å². The van der Waals surface area contributed by atoms with Gasteiger partial charge < -0.3 is 9.64 Å². The molecule has 2 saturated heterocycles. The molecule has 0 bridgehead atoms. The Bertz CT molecular complexity index is 681. The minimum atomic E-state index is -3.32. The monoisotopic (exact) mass is 382 g/mol. The summed E-state index contributed by atoms with van der Waals surface area (Å²) in [6.07, 6.45) is 0. The van der Waals surface area contributed by atoms with E-state index in [0.717, 1.165) is 44.0 Å². The van der Waals surface area contributed by atoms with Gasteiger partial charge in [0.25, 0.3) is 10.2 Å². The van der Waals surface area contributed by atoms with Crippen LogP contribution in [0, 0.1) is 6.92 Å². The van der Waals surface area contributed by atoms with Gasteiger partial charge in [-0.1, -0.05) is 18.2 Å². The van der Waals surface area contributed by atoms with Crippen molar-refractivity contribution in [1.29, 1.82) is 0 Å². The quantitative estimate of drug-likeness (QED) is 0.717. The molecule has 2 fully saturated rings. The summed E-state index contributed by atoms with van der Waals surface area (Å²) in [6, 6.07) is 8.00. The molecular weight excluding hydrogens is 352 g/mol. The van der Waals surface area contributed by atoms with Crippen LogP contribution in [0.5, 0.6) is 5.75 Å². The second-order valence-corrected chi connectivity index (χ2v) is 8.99. The van der Waals surface area contributed by atoms with Gasteiger partial charge in [0.05, 0.1) is 0 Å². The highest BCUT2D eigenvalue weighted by Crippen LogP contribution is 2.17. The van der Waals surface area contributed by atoms with E-state index in [4.69, 9.17) is 4.74 Å². The first-order valence-corrected chi connectivity index (χ1v) is 10.7. The maximum atomic E-state index is 12.8. The lowest BCUT2D eigenvalue weighted by molar-refractivity contribution is 0.149. The van der Waals surface area contributed by atoms with E-state index >= 15 is 0 Å². The Balaban J connectivity index is 1.43. The van der Waals surface area contributed by atoms with E-state index in [2.05, 4.69) is 9.80 Å². The van der Waals surface area contributed by atoms with Crippen LogP contribution in [0.4, 0.5) is 0 Å². The molecule has 2 heterocycles. The maximum absolute atomic E-state index is 12.8. The zero-order chi connectivity index (χ0) is 18.6. The number of piperazine rings is 2. The first-order chi connectivity index (χ1) is 12.5.